The Hall–Kier alpha value is -1.41. The molecule has 1 aromatic heterocycles. The lowest BCUT2D eigenvalue weighted by Crippen LogP contribution is -2.03. The quantitative estimate of drug-likeness (QED) is 0.449. The summed E-state index contributed by atoms with van der Waals surface area (Å²) in [5.41, 5.74) is -0.571. The molecule has 1 aromatic carbocycles. The highest BCUT2D eigenvalue weighted by molar-refractivity contribution is 7.90. The molecule has 0 bridgehead atoms. The van der Waals surface area contributed by atoms with Gasteiger partial charge in [0.15, 0.2) is 4.34 Å². The van der Waals surface area contributed by atoms with E-state index in [2.05, 4.69) is 27.4 Å². The summed E-state index contributed by atoms with van der Waals surface area (Å²) < 4.78 is 50.7. The monoisotopic (exact) mass is 362 g/mol. The summed E-state index contributed by atoms with van der Waals surface area (Å²) in [4.78, 5) is 7.72. The van der Waals surface area contributed by atoms with E-state index in [4.69, 9.17) is 0 Å². The molecule has 0 aliphatic carbocycles. The molecule has 0 aliphatic heterocycles. The maximum Gasteiger partial charge on any atom is 0.416 e. The summed E-state index contributed by atoms with van der Waals surface area (Å²) in [6, 6.07) is 3.30. The van der Waals surface area contributed by atoms with E-state index in [1.165, 1.54) is 11.5 Å². The normalized spacial score (nSPS) is 13.4. The second kappa shape index (κ2) is 7.23. The van der Waals surface area contributed by atoms with Crippen LogP contribution in [0.5, 0.6) is 0 Å². The fourth-order valence-corrected chi connectivity index (χ4v) is 3.72. The van der Waals surface area contributed by atoms with Crippen molar-refractivity contribution in [2.45, 2.75) is 16.9 Å². The summed E-state index contributed by atoms with van der Waals surface area (Å²) in [5.74, 6) is 0. The highest BCUT2D eigenvalue weighted by atomic mass is 32.2. The summed E-state index contributed by atoms with van der Waals surface area (Å²) in [7, 11) is -1.49. The van der Waals surface area contributed by atoms with Crippen molar-refractivity contribution in [3.8, 4) is 0 Å². The number of aliphatic imine (C=N–C) groups is 1. The maximum absolute atomic E-state index is 12.6. The number of nitrogens with zero attached hydrogens (tertiary/aromatic N) is 2. The SMILES string of the molecule is O=S(C=CCCN=C=S)c1nc2cc(C(F)(F)F)ccc2s1. The summed E-state index contributed by atoms with van der Waals surface area (Å²) >= 11 is 5.52. The van der Waals surface area contributed by atoms with Gasteiger partial charge >= 0.3 is 6.18 Å². The first-order valence-electron chi connectivity index (χ1n) is 6.00. The van der Waals surface area contributed by atoms with Crippen LogP contribution >= 0.6 is 23.6 Å². The number of isothiocyanates is 1. The van der Waals surface area contributed by atoms with E-state index in [-0.39, 0.29) is 9.86 Å². The number of hydrogen-bond acceptors (Lipinski definition) is 5. The van der Waals surface area contributed by atoms with Gasteiger partial charge < -0.3 is 0 Å². The molecule has 0 radical (unpaired) electrons. The second-order valence-electron chi connectivity index (χ2n) is 4.09. The molecule has 9 heteroatoms. The molecule has 2 aromatic rings. The van der Waals surface area contributed by atoms with E-state index >= 15 is 0 Å². The number of benzene rings is 1. The molecule has 0 N–H and O–H groups in total. The van der Waals surface area contributed by atoms with Crippen molar-refractivity contribution in [1.82, 2.24) is 4.98 Å². The largest absolute Gasteiger partial charge is 0.416 e. The third-order valence-electron chi connectivity index (χ3n) is 2.56. The van der Waals surface area contributed by atoms with Gasteiger partial charge in [0, 0.05) is 5.41 Å². The van der Waals surface area contributed by atoms with E-state index < -0.39 is 22.5 Å². The lowest BCUT2D eigenvalue weighted by molar-refractivity contribution is -0.137. The van der Waals surface area contributed by atoms with Gasteiger partial charge in [-0.1, -0.05) is 6.08 Å². The van der Waals surface area contributed by atoms with Gasteiger partial charge in [0.05, 0.1) is 27.5 Å². The molecule has 22 heavy (non-hydrogen) atoms. The molecule has 0 aliphatic rings. The fourth-order valence-electron chi connectivity index (χ4n) is 1.57. The highest BCUT2D eigenvalue weighted by Gasteiger charge is 2.30. The van der Waals surface area contributed by atoms with E-state index in [1.54, 1.807) is 6.08 Å². The van der Waals surface area contributed by atoms with Gasteiger partial charge in [-0.25, -0.2) is 14.2 Å². The first kappa shape index (κ1) is 17.0. The fraction of sp³-hybridized carbons (Fsp3) is 0.231. The predicted octanol–water partition coefficient (Wildman–Crippen LogP) is 4.43. The minimum absolute atomic E-state index is 0.196. The molecule has 0 spiro atoms. The summed E-state index contributed by atoms with van der Waals surface area (Å²) in [5, 5.41) is 3.66. The molecule has 1 atom stereocenters. The van der Waals surface area contributed by atoms with Crippen molar-refractivity contribution in [3.05, 3.63) is 35.2 Å². The van der Waals surface area contributed by atoms with Crippen molar-refractivity contribution in [2.75, 3.05) is 6.54 Å². The highest BCUT2D eigenvalue weighted by Crippen LogP contribution is 2.33. The topological polar surface area (TPSA) is 42.3 Å². The van der Waals surface area contributed by atoms with Gasteiger partial charge in [0.2, 0.25) is 0 Å². The van der Waals surface area contributed by atoms with Gasteiger partial charge in [-0.3, -0.25) is 0 Å². The third-order valence-corrected chi connectivity index (χ3v) is 5.14. The number of thiazole rings is 1. The van der Waals surface area contributed by atoms with Gasteiger partial charge in [0.25, 0.3) is 0 Å². The Kier molecular flexibility index (Phi) is 5.57. The number of hydrogen-bond donors (Lipinski definition) is 0. The number of aromatic nitrogens is 1. The Morgan fingerprint density at radius 1 is 1.45 bits per heavy atom. The van der Waals surface area contributed by atoms with Gasteiger partial charge in [-0.15, -0.1) is 11.3 Å². The van der Waals surface area contributed by atoms with Crippen molar-refractivity contribution in [3.63, 3.8) is 0 Å². The average molecular weight is 362 g/mol. The van der Waals surface area contributed by atoms with E-state index in [0.29, 0.717) is 17.7 Å². The lowest BCUT2D eigenvalue weighted by Gasteiger charge is -2.04. The third kappa shape index (κ3) is 4.30. The van der Waals surface area contributed by atoms with Crippen molar-refractivity contribution in [2.24, 2.45) is 4.99 Å². The molecule has 116 valence electrons. The van der Waals surface area contributed by atoms with Crippen LogP contribution < -0.4 is 0 Å². The van der Waals surface area contributed by atoms with Crippen LogP contribution in [0, 0.1) is 0 Å². The zero-order valence-corrected chi connectivity index (χ0v) is 13.4. The Labute approximate surface area is 136 Å². The predicted molar refractivity (Wildman–Crippen MR) is 84.7 cm³/mol. The van der Waals surface area contributed by atoms with Crippen LogP contribution in [-0.4, -0.2) is 20.9 Å². The molecule has 1 unspecified atom stereocenters. The first-order valence-corrected chi connectivity index (χ1v) is 8.44. The number of halogens is 3. The van der Waals surface area contributed by atoms with Crippen LogP contribution in [0.25, 0.3) is 10.2 Å². The minimum atomic E-state index is -4.42. The molecular formula is C13H9F3N2OS3. The van der Waals surface area contributed by atoms with Crippen LogP contribution in [0.4, 0.5) is 13.2 Å². The standard InChI is InChI=1S/C13H9F3N2OS3/c14-13(15,16)9-3-4-11-10(7-9)18-12(21-11)22(19)6-2-1-5-17-8-20/h2-4,6-7H,1,5H2. The number of alkyl halides is 3. The number of rotatable bonds is 5. The number of fused-ring (bicyclic) bond motifs is 1. The lowest BCUT2D eigenvalue weighted by atomic mass is 10.2. The molecule has 0 saturated carbocycles. The molecule has 1 heterocycles. The first-order chi connectivity index (χ1) is 10.4. The molecular weight excluding hydrogens is 353 g/mol. The maximum atomic E-state index is 12.6. The van der Waals surface area contributed by atoms with Gasteiger partial charge in [-0.2, -0.15) is 13.2 Å². The van der Waals surface area contributed by atoms with Gasteiger partial charge in [-0.05, 0) is 36.8 Å². The number of thiocarbonyl (C=S) groups is 1. The van der Waals surface area contributed by atoms with E-state index in [1.807, 2.05) is 0 Å². The summed E-state index contributed by atoms with van der Waals surface area (Å²) in [6.45, 7) is 0.450. The van der Waals surface area contributed by atoms with Crippen LogP contribution in [-0.2, 0) is 17.0 Å². The average Bonchev–Trinajstić information content (AvgIpc) is 2.89. The Bertz CT molecular complexity index is 776. The molecule has 0 amide bonds. The van der Waals surface area contributed by atoms with Crippen molar-refractivity contribution in [1.29, 1.82) is 0 Å². The van der Waals surface area contributed by atoms with Crippen LogP contribution in [0.3, 0.4) is 0 Å². The van der Waals surface area contributed by atoms with Gasteiger partial charge in [0.1, 0.15) is 10.8 Å². The molecule has 0 fully saturated rings. The molecule has 0 saturated heterocycles. The molecule has 2 rings (SSSR count). The Morgan fingerprint density at radius 2 is 2.23 bits per heavy atom. The van der Waals surface area contributed by atoms with Crippen molar-refractivity contribution < 1.29 is 17.4 Å². The Balaban J connectivity index is 2.18. The van der Waals surface area contributed by atoms with Crippen molar-refractivity contribution >= 4 is 49.7 Å². The Morgan fingerprint density at radius 3 is 2.91 bits per heavy atom. The van der Waals surface area contributed by atoms with Crippen LogP contribution in [0.2, 0.25) is 0 Å². The smallest absolute Gasteiger partial charge is 0.247 e. The minimum Gasteiger partial charge on any atom is -0.247 e. The zero-order chi connectivity index (χ0) is 16.2. The van der Waals surface area contributed by atoms with E-state index in [9.17, 15) is 17.4 Å². The second-order valence-corrected chi connectivity index (χ2v) is 6.82. The zero-order valence-electron chi connectivity index (χ0n) is 11.0. The molecule has 3 nitrogen and oxygen atoms in total. The summed E-state index contributed by atoms with van der Waals surface area (Å²) in [6.07, 6.45) is -2.20. The van der Waals surface area contributed by atoms with E-state index in [0.717, 1.165) is 23.5 Å². The van der Waals surface area contributed by atoms with Crippen LogP contribution in [0.1, 0.15) is 12.0 Å². The van der Waals surface area contributed by atoms with Crippen LogP contribution in [0.15, 0.2) is 39.0 Å².